The van der Waals surface area contributed by atoms with Crippen molar-refractivity contribution in [1.29, 1.82) is 0 Å². The molecule has 2 amide bonds. The summed E-state index contributed by atoms with van der Waals surface area (Å²) in [5.41, 5.74) is 0.899. The van der Waals surface area contributed by atoms with Crippen LogP contribution in [0.15, 0.2) is 77.6 Å². The maximum atomic E-state index is 14.4. The maximum Gasteiger partial charge on any atom is 0.404 e. The first-order valence-corrected chi connectivity index (χ1v) is 12.6. The molecule has 9 nitrogen and oxygen atoms in total. The second kappa shape index (κ2) is 12.6. The summed E-state index contributed by atoms with van der Waals surface area (Å²) >= 11 is 12.3. The average Bonchev–Trinajstić information content (AvgIpc) is 3.21. The van der Waals surface area contributed by atoms with Gasteiger partial charge in [0.2, 0.25) is 5.91 Å². The number of aromatic nitrogens is 3. The molecule has 3 N–H and O–H groups in total. The summed E-state index contributed by atoms with van der Waals surface area (Å²) in [5.74, 6) is -1.22. The van der Waals surface area contributed by atoms with Gasteiger partial charge in [0.1, 0.15) is 12.4 Å². The van der Waals surface area contributed by atoms with Crippen molar-refractivity contribution in [3.05, 3.63) is 110 Å². The van der Waals surface area contributed by atoms with Gasteiger partial charge >= 0.3 is 11.8 Å². The van der Waals surface area contributed by atoms with Crippen LogP contribution in [-0.4, -0.2) is 44.5 Å². The Morgan fingerprint density at radius 2 is 1.62 bits per heavy atom. The Morgan fingerprint density at radius 1 is 0.949 bits per heavy atom. The minimum Gasteiger partial charge on any atom is -0.465 e. The van der Waals surface area contributed by atoms with Crippen LogP contribution < -0.4 is 16.3 Å². The third kappa shape index (κ3) is 7.04. The Hall–Kier alpha value is -4.15. The monoisotopic (exact) mass is 571 g/mol. The summed E-state index contributed by atoms with van der Waals surface area (Å²) in [4.78, 5) is 37.2. The minimum atomic E-state index is -1.21. The van der Waals surface area contributed by atoms with Crippen molar-refractivity contribution in [1.82, 2.24) is 25.0 Å². The van der Waals surface area contributed by atoms with Crippen LogP contribution >= 0.6 is 23.2 Å². The summed E-state index contributed by atoms with van der Waals surface area (Å²) in [5, 5.41) is 19.4. The molecule has 0 saturated heterocycles. The van der Waals surface area contributed by atoms with E-state index in [0.29, 0.717) is 21.2 Å². The molecule has 12 heteroatoms. The zero-order valence-electron chi connectivity index (χ0n) is 20.5. The molecule has 39 heavy (non-hydrogen) atoms. The Labute approximate surface area is 232 Å². The van der Waals surface area contributed by atoms with Gasteiger partial charge in [0.25, 0.3) is 0 Å². The van der Waals surface area contributed by atoms with E-state index in [1.807, 2.05) is 0 Å². The fourth-order valence-corrected chi connectivity index (χ4v) is 4.45. The molecule has 0 aliphatic heterocycles. The molecule has 4 rings (SSSR count). The highest BCUT2D eigenvalue weighted by Crippen LogP contribution is 2.24. The number of carbonyl (C=O) groups excluding carboxylic acids is 1. The van der Waals surface area contributed by atoms with Crippen LogP contribution in [0.3, 0.4) is 0 Å². The van der Waals surface area contributed by atoms with Crippen molar-refractivity contribution in [2.45, 2.75) is 19.0 Å². The fourth-order valence-electron chi connectivity index (χ4n) is 4.03. The largest absolute Gasteiger partial charge is 0.465 e. The molecule has 0 spiro atoms. The van der Waals surface area contributed by atoms with Crippen molar-refractivity contribution in [3.8, 4) is 11.4 Å². The standard InChI is InChI=1S/C27H24Cl2FN5O4/c28-20-11-9-17(10-12-20)25-33-35(27(39)34(25)15-18-5-1-4-8-23(18)30)16-24(36)31-13-19(14-32-26(37)38)21-6-2-3-7-22(21)29/h1-12,19,32H,13-16H2,(H,31,36)(H,37,38). The van der Waals surface area contributed by atoms with Crippen LogP contribution in [0, 0.1) is 5.82 Å². The normalized spacial score (nSPS) is 11.7. The maximum absolute atomic E-state index is 14.4. The van der Waals surface area contributed by atoms with Gasteiger partial charge < -0.3 is 15.7 Å². The minimum absolute atomic E-state index is 0.0112. The molecule has 1 heterocycles. The molecule has 0 aliphatic rings. The van der Waals surface area contributed by atoms with Crippen LogP contribution in [0.1, 0.15) is 17.0 Å². The van der Waals surface area contributed by atoms with Gasteiger partial charge in [0.15, 0.2) is 5.82 Å². The van der Waals surface area contributed by atoms with Gasteiger partial charge in [-0.3, -0.25) is 9.36 Å². The highest BCUT2D eigenvalue weighted by atomic mass is 35.5. The van der Waals surface area contributed by atoms with Gasteiger partial charge in [-0.1, -0.05) is 59.6 Å². The quantitative estimate of drug-likeness (QED) is 0.261. The lowest BCUT2D eigenvalue weighted by atomic mass is 9.99. The first kappa shape index (κ1) is 27.9. The zero-order chi connectivity index (χ0) is 27.9. The van der Waals surface area contributed by atoms with Gasteiger partial charge in [0, 0.05) is 40.2 Å². The molecule has 1 aromatic heterocycles. The number of carbonyl (C=O) groups is 2. The van der Waals surface area contributed by atoms with Crippen molar-refractivity contribution in [3.63, 3.8) is 0 Å². The molecular weight excluding hydrogens is 548 g/mol. The molecule has 202 valence electrons. The molecule has 0 bridgehead atoms. The summed E-state index contributed by atoms with van der Waals surface area (Å²) in [6.07, 6.45) is -1.21. The molecule has 0 aliphatic carbocycles. The van der Waals surface area contributed by atoms with E-state index >= 15 is 0 Å². The topological polar surface area (TPSA) is 118 Å². The Bertz CT molecular complexity index is 1540. The molecule has 4 aromatic rings. The van der Waals surface area contributed by atoms with Crippen LogP contribution in [-0.2, 0) is 17.9 Å². The van der Waals surface area contributed by atoms with Crippen LogP contribution in [0.4, 0.5) is 9.18 Å². The van der Waals surface area contributed by atoms with E-state index in [1.165, 1.54) is 10.6 Å². The number of halogens is 3. The predicted molar refractivity (Wildman–Crippen MR) is 146 cm³/mol. The van der Waals surface area contributed by atoms with Crippen molar-refractivity contribution in [2.24, 2.45) is 0 Å². The molecule has 1 unspecified atom stereocenters. The van der Waals surface area contributed by atoms with E-state index in [1.54, 1.807) is 66.7 Å². The number of rotatable bonds is 10. The lowest BCUT2D eigenvalue weighted by Gasteiger charge is -2.19. The van der Waals surface area contributed by atoms with E-state index in [-0.39, 0.29) is 31.0 Å². The van der Waals surface area contributed by atoms with E-state index in [4.69, 9.17) is 28.3 Å². The van der Waals surface area contributed by atoms with E-state index < -0.39 is 36.0 Å². The predicted octanol–water partition coefficient (Wildman–Crippen LogP) is 4.37. The third-order valence-corrected chi connectivity index (χ3v) is 6.59. The zero-order valence-corrected chi connectivity index (χ0v) is 22.0. The van der Waals surface area contributed by atoms with Crippen LogP contribution in [0.5, 0.6) is 0 Å². The van der Waals surface area contributed by atoms with Gasteiger partial charge in [0.05, 0.1) is 6.54 Å². The summed E-state index contributed by atoms with van der Waals surface area (Å²) in [7, 11) is 0. The highest BCUT2D eigenvalue weighted by Gasteiger charge is 2.20. The van der Waals surface area contributed by atoms with Gasteiger partial charge in [-0.25, -0.2) is 18.7 Å². The SMILES string of the molecule is O=C(O)NCC(CNC(=O)Cn1nc(-c2ccc(Cl)cc2)n(Cc2ccccc2F)c1=O)c1ccccc1Cl. The Morgan fingerprint density at radius 3 is 2.31 bits per heavy atom. The number of benzene rings is 3. The fraction of sp³-hybridized carbons (Fsp3) is 0.185. The first-order chi connectivity index (χ1) is 18.7. The van der Waals surface area contributed by atoms with E-state index in [0.717, 1.165) is 4.68 Å². The average molecular weight is 572 g/mol. The second-order valence-electron chi connectivity index (χ2n) is 8.66. The number of hydrogen-bond acceptors (Lipinski definition) is 4. The summed E-state index contributed by atoms with van der Waals surface area (Å²) in [6, 6.07) is 19.6. The van der Waals surface area contributed by atoms with Gasteiger partial charge in [-0.2, -0.15) is 0 Å². The van der Waals surface area contributed by atoms with Crippen LogP contribution in [0.2, 0.25) is 10.0 Å². The molecule has 3 aromatic carbocycles. The summed E-state index contributed by atoms with van der Waals surface area (Å²) in [6.45, 7) is -0.444. The first-order valence-electron chi connectivity index (χ1n) is 11.9. The number of amides is 2. The molecular formula is C27H24Cl2FN5O4. The van der Waals surface area contributed by atoms with Gasteiger partial charge in [-0.15, -0.1) is 5.10 Å². The molecule has 1 atom stereocenters. The number of hydrogen-bond donors (Lipinski definition) is 3. The lowest BCUT2D eigenvalue weighted by Crippen LogP contribution is -2.38. The van der Waals surface area contributed by atoms with Crippen molar-refractivity contribution >= 4 is 35.2 Å². The number of nitrogens with one attached hydrogen (secondary N) is 2. The molecule has 0 radical (unpaired) electrons. The Kier molecular flexibility index (Phi) is 9.00. The van der Waals surface area contributed by atoms with Crippen LogP contribution in [0.25, 0.3) is 11.4 Å². The molecule has 0 fully saturated rings. The van der Waals surface area contributed by atoms with Crippen molar-refractivity contribution in [2.75, 3.05) is 13.1 Å². The smallest absolute Gasteiger partial charge is 0.404 e. The second-order valence-corrected chi connectivity index (χ2v) is 9.50. The van der Waals surface area contributed by atoms with Gasteiger partial charge in [-0.05, 0) is 42.0 Å². The number of carboxylic acid groups (broad SMARTS) is 1. The van der Waals surface area contributed by atoms with E-state index in [9.17, 15) is 18.8 Å². The Balaban J connectivity index is 1.57. The highest BCUT2D eigenvalue weighted by molar-refractivity contribution is 6.31. The lowest BCUT2D eigenvalue weighted by molar-refractivity contribution is -0.121. The number of nitrogens with zero attached hydrogens (tertiary/aromatic N) is 3. The molecule has 0 saturated carbocycles. The summed E-state index contributed by atoms with van der Waals surface area (Å²) < 4.78 is 16.7. The third-order valence-electron chi connectivity index (χ3n) is 6.00. The van der Waals surface area contributed by atoms with E-state index in [2.05, 4.69) is 15.7 Å². The van der Waals surface area contributed by atoms with Crippen molar-refractivity contribution < 1.29 is 19.1 Å².